The highest BCUT2D eigenvalue weighted by Crippen LogP contribution is 2.26. The number of hydrogen-bond donors (Lipinski definition) is 1. The summed E-state index contributed by atoms with van der Waals surface area (Å²) in [7, 11) is 1.81. The largest absolute Gasteiger partial charge is 0.470 e. The summed E-state index contributed by atoms with van der Waals surface area (Å²) < 4.78 is 5.50. The fraction of sp³-hybridized carbons (Fsp3) is 0.0909. The topological polar surface area (TPSA) is 61.0 Å². The van der Waals surface area contributed by atoms with Gasteiger partial charge >= 0.3 is 0 Å². The minimum absolute atomic E-state index is 0.195. The van der Waals surface area contributed by atoms with E-state index in [0.717, 1.165) is 5.59 Å². The Labute approximate surface area is 116 Å². The molecular weight excluding hydrogens is 272 g/mol. The third kappa shape index (κ3) is 2.86. The summed E-state index contributed by atoms with van der Waals surface area (Å²) >= 11 is 12.1. The van der Waals surface area contributed by atoms with Crippen molar-refractivity contribution >= 4 is 42.5 Å². The summed E-state index contributed by atoms with van der Waals surface area (Å²) in [6.07, 6.45) is 1.57. The first-order valence-electron chi connectivity index (χ1n) is 5.22. The fourth-order valence-electron chi connectivity index (χ4n) is 1.38. The molecule has 0 fully saturated rings. The van der Waals surface area contributed by atoms with E-state index in [4.69, 9.17) is 33.7 Å². The lowest BCUT2D eigenvalue weighted by Crippen LogP contribution is -2.13. The first-order valence-corrected chi connectivity index (χ1v) is 5.98. The average Bonchev–Trinajstić information content (AvgIpc) is 2.33. The Morgan fingerprint density at radius 3 is 2.61 bits per heavy atom. The van der Waals surface area contributed by atoms with Crippen LogP contribution in [0.3, 0.4) is 0 Å². The standard InChI is InChI=1S/C11H10BCl2N3O/c12-9-4-16-10(15)11(17-9)18-5-6-7(13)2-1-3-8(6)14/h1-4H,5,12H2,(H2,15,16). The SMILES string of the molecule is Bc1cnc(N)c(OCc2c(Cl)cccc2Cl)n1. The van der Waals surface area contributed by atoms with Crippen LogP contribution in [0.5, 0.6) is 5.88 Å². The number of nitrogen functional groups attached to an aromatic ring is 1. The highest BCUT2D eigenvalue weighted by atomic mass is 35.5. The zero-order chi connectivity index (χ0) is 13.1. The van der Waals surface area contributed by atoms with E-state index in [0.29, 0.717) is 15.6 Å². The van der Waals surface area contributed by atoms with Crippen molar-refractivity contribution in [2.75, 3.05) is 5.73 Å². The van der Waals surface area contributed by atoms with Gasteiger partial charge in [0.15, 0.2) is 13.7 Å². The van der Waals surface area contributed by atoms with Gasteiger partial charge < -0.3 is 10.5 Å². The Morgan fingerprint density at radius 1 is 1.28 bits per heavy atom. The zero-order valence-electron chi connectivity index (χ0n) is 9.65. The molecule has 0 saturated heterocycles. The van der Waals surface area contributed by atoms with Gasteiger partial charge in [-0.05, 0) is 12.1 Å². The average molecular weight is 282 g/mol. The van der Waals surface area contributed by atoms with Crippen LogP contribution in [0.4, 0.5) is 5.82 Å². The third-order valence-corrected chi connectivity index (χ3v) is 3.01. The molecule has 1 aromatic heterocycles. The lowest BCUT2D eigenvalue weighted by molar-refractivity contribution is 0.295. The molecule has 18 heavy (non-hydrogen) atoms. The maximum Gasteiger partial charge on any atom is 0.256 e. The summed E-state index contributed by atoms with van der Waals surface area (Å²) in [6.45, 7) is 0.195. The Morgan fingerprint density at radius 2 is 1.94 bits per heavy atom. The molecule has 92 valence electrons. The molecule has 0 aliphatic carbocycles. The van der Waals surface area contributed by atoms with Gasteiger partial charge in [0.05, 0.1) is 0 Å². The third-order valence-electron chi connectivity index (χ3n) is 2.30. The molecule has 0 bridgehead atoms. The molecule has 2 rings (SSSR count). The van der Waals surface area contributed by atoms with E-state index in [1.54, 1.807) is 24.4 Å². The molecular formula is C11H10BCl2N3O. The van der Waals surface area contributed by atoms with Crippen molar-refractivity contribution in [3.63, 3.8) is 0 Å². The van der Waals surface area contributed by atoms with Crippen LogP contribution < -0.4 is 16.1 Å². The second kappa shape index (κ2) is 5.46. The van der Waals surface area contributed by atoms with Crippen molar-refractivity contribution in [1.29, 1.82) is 0 Å². The second-order valence-electron chi connectivity index (χ2n) is 3.69. The molecule has 0 aliphatic heterocycles. The van der Waals surface area contributed by atoms with Gasteiger partial charge in [-0.2, -0.15) is 0 Å². The number of rotatable bonds is 3. The summed E-state index contributed by atoms with van der Waals surface area (Å²) in [5.74, 6) is 0.523. The van der Waals surface area contributed by atoms with E-state index in [1.165, 1.54) is 0 Å². The zero-order valence-corrected chi connectivity index (χ0v) is 11.2. The molecule has 1 aromatic carbocycles. The number of nitrogens with two attached hydrogens (primary N) is 1. The van der Waals surface area contributed by atoms with Crippen molar-refractivity contribution in [3.05, 3.63) is 40.0 Å². The monoisotopic (exact) mass is 281 g/mol. The maximum absolute atomic E-state index is 6.04. The molecule has 0 aliphatic rings. The Balaban J connectivity index is 2.19. The molecule has 0 saturated carbocycles. The van der Waals surface area contributed by atoms with E-state index in [-0.39, 0.29) is 18.3 Å². The summed E-state index contributed by atoms with van der Waals surface area (Å²) in [4.78, 5) is 8.11. The van der Waals surface area contributed by atoms with E-state index in [2.05, 4.69) is 9.97 Å². The van der Waals surface area contributed by atoms with Crippen molar-refractivity contribution in [2.24, 2.45) is 0 Å². The number of hydrogen-bond acceptors (Lipinski definition) is 4. The maximum atomic E-state index is 6.04. The number of aromatic nitrogens is 2. The van der Waals surface area contributed by atoms with Crippen LogP contribution >= 0.6 is 23.2 Å². The first-order chi connectivity index (χ1) is 8.58. The van der Waals surface area contributed by atoms with E-state index in [1.807, 2.05) is 7.85 Å². The molecule has 1 heterocycles. The van der Waals surface area contributed by atoms with Crippen LogP contribution in [0.1, 0.15) is 5.56 Å². The van der Waals surface area contributed by atoms with Crippen LogP contribution in [-0.4, -0.2) is 17.8 Å². The van der Waals surface area contributed by atoms with Gasteiger partial charge in [-0.3, -0.25) is 0 Å². The first kappa shape index (κ1) is 13.0. The molecule has 0 spiro atoms. The van der Waals surface area contributed by atoms with Crippen LogP contribution in [0.25, 0.3) is 0 Å². The van der Waals surface area contributed by atoms with E-state index >= 15 is 0 Å². The molecule has 0 unspecified atom stereocenters. The number of benzene rings is 1. The summed E-state index contributed by atoms with van der Waals surface area (Å²) in [5.41, 5.74) is 7.09. The predicted octanol–water partition coefficient (Wildman–Crippen LogP) is 1.20. The number of halogens is 2. The van der Waals surface area contributed by atoms with Crippen molar-refractivity contribution < 1.29 is 4.74 Å². The van der Waals surface area contributed by atoms with Crippen molar-refractivity contribution in [2.45, 2.75) is 6.61 Å². The highest BCUT2D eigenvalue weighted by molar-refractivity contribution is 6.35. The highest BCUT2D eigenvalue weighted by Gasteiger charge is 2.09. The van der Waals surface area contributed by atoms with E-state index < -0.39 is 0 Å². The molecule has 2 N–H and O–H groups in total. The van der Waals surface area contributed by atoms with Gasteiger partial charge in [-0.25, -0.2) is 9.97 Å². The van der Waals surface area contributed by atoms with Crippen LogP contribution in [0.2, 0.25) is 10.0 Å². The predicted molar refractivity (Wildman–Crippen MR) is 75.4 cm³/mol. The quantitative estimate of drug-likeness (QED) is 0.859. The smallest absolute Gasteiger partial charge is 0.256 e. The fourth-order valence-corrected chi connectivity index (χ4v) is 1.89. The van der Waals surface area contributed by atoms with Gasteiger partial charge in [-0.15, -0.1) is 0 Å². The lowest BCUT2D eigenvalue weighted by Gasteiger charge is -2.10. The van der Waals surface area contributed by atoms with Crippen molar-refractivity contribution in [3.8, 4) is 5.88 Å². The van der Waals surface area contributed by atoms with Gasteiger partial charge in [0.2, 0.25) is 0 Å². The summed E-state index contributed by atoms with van der Waals surface area (Å²) in [6, 6.07) is 5.27. The van der Waals surface area contributed by atoms with Crippen LogP contribution in [-0.2, 0) is 6.61 Å². The van der Waals surface area contributed by atoms with Crippen LogP contribution in [0.15, 0.2) is 24.4 Å². The molecule has 4 nitrogen and oxygen atoms in total. The van der Waals surface area contributed by atoms with Crippen LogP contribution in [0, 0.1) is 0 Å². The molecule has 0 amide bonds. The van der Waals surface area contributed by atoms with E-state index in [9.17, 15) is 0 Å². The van der Waals surface area contributed by atoms with Gasteiger partial charge in [-0.1, -0.05) is 29.3 Å². The minimum Gasteiger partial charge on any atom is -0.470 e. The van der Waals surface area contributed by atoms with Gasteiger partial charge in [0, 0.05) is 27.4 Å². The van der Waals surface area contributed by atoms with Crippen molar-refractivity contribution in [1.82, 2.24) is 9.97 Å². The molecule has 0 radical (unpaired) electrons. The second-order valence-corrected chi connectivity index (χ2v) is 4.51. The number of ether oxygens (including phenoxy) is 1. The van der Waals surface area contributed by atoms with Gasteiger partial charge in [0.1, 0.15) is 6.61 Å². The summed E-state index contributed by atoms with van der Waals surface area (Å²) in [5, 5.41) is 1.09. The Hall–Kier alpha value is -1.46. The van der Waals surface area contributed by atoms with Gasteiger partial charge in [0.25, 0.3) is 5.88 Å². The lowest BCUT2D eigenvalue weighted by atomic mass is 10.1. The minimum atomic E-state index is 0.195. The Bertz CT molecular complexity index is 560. The normalized spacial score (nSPS) is 10.3. The number of nitrogens with zero attached hydrogens (tertiary/aromatic N) is 2. The molecule has 2 aromatic rings. The molecule has 0 atom stereocenters. The molecule has 7 heteroatoms. The number of anilines is 1. The Kier molecular flexibility index (Phi) is 3.94.